The van der Waals surface area contributed by atoms with Crippen molar-refractivity contribution in [3.8, 4) is 11.1 Å². The molecule has 0 saturated heterocycles. The minimum atomic E-state index is -7.39. The van der Waals surface area contributed by atoms with Gasteiger partial charge in [-0.3, -0.25) is 0 Å². The molecule has 1 aliphatic rings. The average Bonchev–Trinajstić information content (AvgIpc) is 3.09. The molecule has 0 bridgehead atoms. The minimum absolute atomic E-state index is 0.152. The van der Waals surface area contributed by atoms with Crippen LogP contribution in [0.4, 0.5) is 52.7 Å². The smallest absolute Gasteiger partial charge is 0.375 e. The Bertz CT molecular complexity index is 1190. The lowest BCUT2D eigenvalue weighted by Crippen LogP contribution is -2.64. The van der Waals surface area contributed by atoms with Gasteiger partial charge >= 0.3 is 38.7 Å². The molecule has 35 heavy (non-hydrogen) atoms. The Hall–Kier alpha value is -2.91. The number of halogens is 12. The van der Waals surface area contributed by atoms with Gasteiger partial charge < -0.3 is 8.99 Å². The molecule has 2 aromatic carbocycles. The van der Waals surface area contributed by atoms with Gasteiger partial charge in [0.1, 0.15) is 0 Å². The summed E-state index contributed by atoms with van der Waals surface area (Å²) in [6.45, 7) is 0. The summed E-state index contributed by atoms with van der Waals surface area (Å²) in [4.78, 5) is 0. The minimum Gasteiger partial charge on any atom is -0.375 e. The number of nitrogens with zero attached hydrogens (tertiary/aromatic N) is 1. The summed E-state index contributed by atoms with van der Waals surface area (Å²) in [5.74, 6) is -14.7. The number of alkyl halides is 12. The van der Waals surface area contributed by atoms with Crippen LogP contribution in [0.2, 0.25) is 0 Å². The molecule has 0 unspecified atom stereocenters. The van der Waals surface area contributed by atoms with Crippen LogP contribution in [0.5, 0.6) is 0 Å². The molecule has 0 aliphatic heterocycles. The van der Waals surface area contributed by atoms with E-state index in [4.69, 9.17) is 0 Å². The number of oxime groups is 1. The highest BCUT2D eigenvalue weighted by Crippen LogP contribution is 2.53. The third-order valence-corrected chi connectivity index (χ3v) is 6.04. The Morgan fingerprint density at radius 3 is 1.91 bits per heavy atom. The zero-order valence-electron chi connectivity index (χ0n) is 16.5. The second kappa shape index (κ2) is 8.34. The van der Waals surface area contributed by atoms with Gasteiger partial charge in [0.05, 0.1) is 0 Å². The van der Waals surface area contributed by atoms with E-state index in [1.807, 2.05) is 0 Å². The Balaban J connectivity index is 1.94. The molecule has 190 valence electrons. The zero-order valence-corrected chi connectivity index (χ0v) is 17.5. The Morgan fingerprint density at radius 1 is 0.771 bits per heavy atom. The Morgan fingerprint density at radius 2 is 1.34 bits per heavy atom. The fraction of sp³-hybridized carbons (Fsp3) is 0.316. The molecule has 0 spiro atoms. The first kappa shape index (κ1) is 26.7. The van der Waals surface area contributed by atoms with Crippen molar-refractivity contribution in [3.63, 3.8) is 0 Å². The average molecular weight is 539 g/mol. The predicted octanol–water partition coefficient (Wildman–Crippen LogP) is 6.47. The van der Waals surface area contributed by atoms with E-state index < -0.39 is 49.9 Å². The monoisotopic (exact) mass is 539 g/mol. The molecule has 0 atom stereocenters. The number of hydrogen-bond donors (Lipinski definition) is 0. The summed E-state index contributed by atoms with van der Waals surface area (Å²) >= 11 is 0. The molecule has 0 amide bonds. The van der Waals surface area contributed by atoms with Crippen LogP contribution in [0.1, 0.15) is 16.7 Å². The standard InChI is InChI=1S/C19H9F12NO2Si/c20-15(21,22)14(10-5-6-13-11(8-10)7-9-3-1-2-4-12(9)13)32-34-35(33)19(30,31)17(25,26)16(23,24)18(27,28)29/h1-6,8H,7H2/b32-14+. The maximum Gasteiger partial charge on any atom is 0.611 e. The zero-order chi connectivity index (χ0) is 26.6. The summed E-state index contributed by atoms with van der Waals surface area (Å²) in [6, 6.07) is 9.60. The van der Waals surface area contributed by atoms with Gasteiger partial charge in [-0.25, -0.2) is 0 Å². The van der Waals surface area contributed by atoms with E-state index in [0.29, 0.717) is 16.7 Å². The first-order valence-corrected chi connectivity index (χ1v) is 10.4. The van der Waals surface area contributed by atoms with Crippen molar-refractivity contribution in [1.82, 2.24) is 0 Å². The van der Waals surface area contributed by atoms with E-state index in [2.05, 4.69) is 9.68 Å². The lowest BCUT2D eigenvalue weighted by Gasteiger charge is -2.31. The molecular weight excluding hydrogens is 530 g/mol. The summed E-state index contributed by atoms with van der Waals surface area (Å²) in [5.41, 5.74) is -7.48. The predicted molar refractivity (Wildman–Crippen MR) is 95.7 cm³/mol. The van der Waals surface area contributed by atoms with Crippen molar-refractivity contribution in [2.45, 2.75) is 36.2 Å². The first-order chi connectivity index (χ1) is 15.8. The molecule has 16 heteroatoms. The number of hydrogen-bond acceptors (Lipinski definition) is 3. The lowest BCUT2D eigenvalue weighted by atomic mass is 10.0. The van der Waals surface area contributed by atoms with Crippen LogP contribution in [0, 0.1) is 0 Å². The summed E-state index contributed by atoms with van der Waals surface area (Å²) in [5, 5.41) is 2.15. The van der Waals surface area contributed by atoms with Crippen molar-refractivity contribution in [3.05, 3.63) is 59.2 Å². The van der Waals surface area contributed by atoms with Gasteiger partial charge in [0, 0.05) is 5.56 Å². The second-order valence-electron chi connectivity index (χ2n) is 7.24. The highest BCUT2D eigenvalue weighted by atomic mass is 28.3. The van der Waals surface area contributed by atoms with E-state index in [0.717, 1.165) is 17.7 Å². The van der Waals surface area contributed by atoms with Gasteiger partial charge in [-0.2, -0.15) is 52.7 Å². The fourth-order valence-corrected chi connectivity index (χ4v) is 3.91. The van der Waals surface area contributed by atoms with Crippen LogP contribution in [-0.2, 0) is 15.4 Å². The van der Waals surface area contributed by atoms with Crippen LogP contribution >= 0.6 is 0 Å². The normalized spacial score (nSPS) is 15.0. The Kier molecular flexibility index (Phi) is 6.36. The van der Waals surface area contributed by atoms with E-state index in [9.17, 15) is 57.1 Å². The van der Waals surface area contributed by atoms with Crippen LogP contribution in [0.25, 0.3) is 11.1 Å². The summed E-state index contributed by atoms with van der Waals surface area (Å²) < 4.78 is 171. The molecule has 0 fully saturated rings. The summed E-state index contributed by atoms with van der Waals surface area (Å²) in [6.07, 6.45) is -12.6. The van der Waals surface area contributed by atoms with Crippen LogP contribution in [0.3, 0.4) is 0 Å². The molecule has 0 radical (unpaired) electrons. The molecule has 2 aromatic rings. The van der Waals surface area contributed by atoms with Gasteiger partial charge in [-0.05, 0) is 34.7 Å². The fourth-order valence-electron chi connectivity index (χ4n) is 3.21. The SMILES string of the molecule is O=[Si](O/N=C(\c1ccc2c(c1)Cc1ccccc1-2)C(F)(F)F)C(F)(F)C(F)(F)C(F)(F)C(F)(F)F. The topological polar surface area (TPSA) is 38.7 Å². The van der Waals surface area contributed by atoms with Crippen LogP contribution < -0.4 is 0 Å². The van der Waals surface area contributed by atoms with Crippen molar-refractivity contribution in [2.24, 2.45) is 5.16 Å². The van der Waals surface area contributed by atoms with Gasteiger partial charge in [-0.1, -0.05) is 41.6 Å². The Labute approximate surface area is 188 Å². The molecular formula is C19H9F12NO2Si. The van der Waals surface area contributed by atoms with Crippen molar-refractivity contribution in [1.29, 1.82) is 0 Å². The van der Waals surface area contributed by atoms with Gasteiger partial charge in [0.15, 0.2) is 5.71 Å². The highest BCUT2D eigenvalue weighted by Gasteiger charge is 2.85. The van der Waals surface area contributed by atoms with Gasteiger partial charge in [0.2, 0.25) is 0 Å². The number of benzene rings is 2. The molecule has 3 rings (SSSR count). The molecule has 0 aromatic heterocycles. The summed E-state index contributed by atoms with van der Waals surface area (Å²) in [7, 11) is -6.08. The van der Waals surface area contributed by atoms with Gasteiger partial charge in [-0.15, -0.1) is 0 Å². The molecule has 1 aliphatic carbocycles. The second-order valence-corrected chi connectivity index (χ2v) is 8.63. The van der Waals surface area contributed by atoms with Crippen molar-refractivity contribution < 1.29 is 61.7 Å². The molecule has 0 saturated carbocycles. The van der Waals surface area contributed by atoms with Gasteiger partial charge in [0.25, 0.3) is 0 Å². The van der Waals surface area contributed by atoms with Crippen molar-refractivity contribution in [2.75, 3.05) is 0 Å². The largest absolute Gasteiger partial charge is 0.611 e. The molecule has 3 nitrogen and oxygen atoms in total. The lowest BCUT2D eigenvalue weighted by molar-refractivity contribution is -0.385. The van der Waals surface area contributed by atoms with E-state index in [-0.39, 0.29) is 6.42 Å². The maximum atomic E-state index is 13.6. The molecule has 0 N–H and O–H groups in total. The van der Waals surface area contributed by atoms with E-state index >= 15 is 0 Å². The molecule has 0 heterocycles. The van der Waals surface area contributed by atoms with Crippen molar-refractivity contribution >= 4 is 14.6 Å². The van der Waals surface area contributed by atoms with E-state index in [1.165, 1.54) is 6.07 Å². The number of fused-ring (bicyclic) bond motifs is 3. The highest BCUT2D eigenvalue weighted by molar-refractivity contribution is 6.39. The maximum absolute atomic E-state index is 13.6. The van der Waals surface area contributed by atoms with E-state index in [1.54, 1.807) is 24.3 Å². The quantitative estimate of drug-likeness (QED) is 0.156. The van der Waals surface area contributed by atoms with Crippen LogP contribution in [0.15, 0.2) is 47.6 Å². The van der Waals surface area contributed by atoms with Crippen LogP contribution in [-0.4, -0.2) is 44.4 Å². The number of rotatable bonds is 6. The first-order valence-electron chi connectivity index (χ1n) is 9.10. The third kappa shape index (κ3) is 4.43. The third-order valence-electron chi connectivity index (χ3n) is 4.96.